The average Bonchev–Trinajstić information content (AvgIpc) is 2.84. The zero-order valence-corrected chi connectivity index (χ0v) is 12.5. The van der Waals surface area contributed by atoms with Gasteiger partial charge in [-0.1, -0.05) is 48.5 Å². The first-order valence-electron chi connectivity index (χ1n) is 7.33. The van der Waals surface area contributed by atoms with E-state index in [2.05, 4.69) is 0 Å². The molecule has 1 saturated heterocycles. The Kier molecular flexibility index (Phi) is 4.02. The van der Waals surface area contributed by atoms with Crippen LogP contribution in [0, 0.1) is 0 Å². The van der Waals surface area contributed by atoms with Gasteiger partial charge < -0.3 is 0 Å². The molecule has 0 radical (unpaired) electrons. The zero-order valence-electron chi connectivity index (χ0n) is 12.5. The maximum Gasteiger partial charge on any atom is 0.251 e. The van der Waals surface area contributed by atoms with E-state index in [-0.39, 0.29) is 18.2 Å². The van der Waals surface area contributed by atoms with Crippen molar-refractivity contribution in [3.05, 3.63) is 66.2 Å². The number of hydrogen-bond acceptors (Lipinski definition) is 3. The van der Waals surface area contributed by atoms with Gasteiger partial charge in [0.25, 0.3) is 5.91 Å². The van der Waals surface area contributed by atoms with Crippen molar-refractivity contribution in [2.24, 2.45) is 0 Å². The third-order valence-corrected chi connectivity index (χ3v) is 3.94. The van der Waals surface area contributed by atoms with Crippen LogP contribution in [0.3, 0.4) is 0 Å². The molecule has 0 saturated carbocycles. The topological polar surface area (TPSA) is 40.6 Å². The molecule has 1 fully saturated rings. The number of amides is 2. The van der Waals surface area contributed by atoms with Gasteiger partial charge in [0.05, 0.1) is 18.2 Å². The molecule has 4 nitrogen and oxygen atoms in total. The van der Waals surface area contributed by atoms with E-state index in [9.17, 15) is 9.59 Å². The number of benzene rings is 2. The fraction of sp³-hybridized carbons (Fsp3) is 0.222. The maximum absolute atomic E-state index is 12.6. The number of imide groups is 1. The average molecular weight is 294 g/mol. The Bertz CT molecular complexity index is 670. The summed E-state index contributed by atoms with van der Waals surface area (Å²) in [7, 11) is 1.89. The summed E-state index contributed by atoms with van der Waals surface area (Å²) in [5.41, 5.74) is 1.77. The highest BCUT2D eigenvalue weighted by Gasteiger charge is 2.41. The van der Waals surface area contributed by atoms with Crippen LogP contribution in [0.25, 0.3) is 0 Å². The van der Waals surface area contributed by atoms with Crippen LogP contribution in [-0.2, 0) is 16.1 Å². The number of anilines is 1. The molecule has 0 spiro atoms. The third-order valence-electron chi connectivity index (χ3n) is 3.94. The fourth-order valence-electron chi connectivity index (χ4n) is 2.79. The lowest BCUT2D eigenvalue weighted by molar-refractivity contribution is -0.122. The molecule has 22 heavy (non-hydrogen) atoms. The van der Waals surface area contributed by atoms with Crippen LogP contribution in [0.5, 0.6) is 0 Å². The minimum absolute atomic E-state index is 0.138. The second kappa shape index (κ2) is 6.12. The molecule has 2 aromatic rings. The van der Waals surface area contributed by atoms with Crippen molar-refractivity contribution in [3.8, 4) is 0 Å². The van der Waals surface area contributed by atoms with E-state index in [1.165, 1.54) is 4.90 Å². The quantitative estimate of drug-likeness (QED) is 0.813. The summed E-state index contributed by atoms with van der Waals surface area (Å²) in [6.45, 7) is 0.646. The molecule has 1 unspecified atom stereocenters. The van der Waals surface area contributed by atoms with E-state index in [1.54, 1.807) is 12.1 Å². The normalized spacial score (nSPS) is 18.3. The standard InChI is InChI=1S/C18H18N2O2/c1-19(13-14-8-4-2-5-9-14)16-12-17(21)20(18(16)22)15-10-6-3-7-11-15/h2-11,16H,12-13H2,1H3. The van der Waals surface area contributed by atoms with Gasteiger partial charge in [0, 0.05) is 6.54 Å². The van der Waals surface area contributed by atoms with Gasteiger partial charge in [-0.3, -0.25) is 14.5 Å². The van der Waals surface area contributed by atoms with E-state index >= 15 is 0 Å². The van der Waals surface area contributed by atoms with Gasteiger partial charge in [-0.25, -0.2) is 4.90 Å². The first-order chi connectivity index (χ1) is 10.7. The summed E-state index contributed by atoms with van der Waals surface area (Å²) >= 11 is 0. The Labute approximate surface area is 130 Å². The second-order valence-corrected chi connectivity index (χ2v) is 5.52. The molecule has 1 aliphatic heterocycles. The molecule has 0 bridgehead atoms. The first-order valence-corrected chi connectivity index (χ1v) is 7.33. The Morgan fingerprint density at radius 2 is 1.59 bits per heavy atom. The van der Waals surface area contributed by atoms with Crippen LogP contribution >= 0.6 is 0 Å². The van der Waals surface area contributed by atoms with E-state index in [0.717, 1.165) is 5.56 Å². The first kappa shape index (κ1) is 14.5. The number of carbonyl (C=O) groups is 2. The zero-order chi connectivity index (χ0) is 15.5. The largest absolute Gasteiger partial charge is 0.290 e. The molecule has 2 aromatic carbocycles. The molecule has 0 aromatic heterocycles. The van der Waals surface area contributed by atoms with Gasteiger partial charge in [0.2, 0.25) is 5.91 Å². The lowest BCUT2D eigenvalue weighted by atomic mass is 10.1. The number of rotatable bonds is 4. The van der Waals surface area contributed by atoms with E-state index < -0.39 is 6.04 Å². The SMILES string of the molecule is CN(Cc1ccccc1)C1CC(=O)N(c2ccccc2)C1=O. The lowest BCUT2D eigenvalue weighted by Gasteiger charge is -2.22. The summed E-state index contributed by atoms with van der Waals surface area (Å²) in [5, 5.41) is 0. The smallest absolute Gasteiger partial charge is 0.251 e. The summed E-state index contributed by atoms with van der Waals surface area (Å²) in [6.07, 6.45) is 0.233. The number of nitrogens with zero attached hydrogens (tertiary/aromatic N) is 2. The highest BCUT2D eigenvalue weighted by molar-refractivity contribution is 6.22. The fourth-order valence-corrected chi connectivity index (χ4v) is 2.79. The molecule has 3 rings (SSSR count). The summed E-state index contributed by atoms with van der Waals surface area (Å²) in [6, 6.07) is 18.7. The van der Waals surface area contributed by atoms with Crippen molar-refractivity contribution in [2.75, 3.05) is 11.9 Å². The molecule has 112 valence electrons. The van der Waals surface area contributed by atoms with Crippen LogP contribution < -0.4 is 4.90 Å². The van der Waals surface area contributed by atoms with Crippen molar-refractivity contribution in [3.63, 3.8) is 0 Å². The van der Waals surface area contributed by atoms with Crippen LogP contribution in [-0.4, -0.2) is 29.8 Å². The van der Waals surface area contributed by atoms with Crippen molar-refractivity contribution in [1.29, 1.82) is 0 Å². The number of para-hydroxylation sites is 1. The molecular formula is C18H18N2O2. The maximum atomic E-state index is 12.6. The number of hydrogen-bond donors (Lipinski definition) is 0. The predicted molar refractivity (Wildman–Crippen MR) is 85.2 cm³/mol. The van der Waals surface area contributed by atoms with Gasteiger partial charge in [0.1, 0.15) is 0 Å². The highest BCUT2D eigenvalue weighted by atomic mass is 16.2. The Morgan fingerprint density at radius 3 is 2.23 bits per heavy atom. The molecule has 0 aliphatic carbocycles. The lowest BCUT2D eigenvalue weighted by Crippen LogP contribution is -2.39. The van der Waals surface area contributed by atoms with Crippen molar-refractivity contribution >= 4 is 17.5 Å². The second-order valence-electron chi connectivity index (χ2n) is 5.52. The molecule has 1 aliphatic rings. The predicted octanol–water partition coefficient (Wildman–Crippen LogP) is 2.45. The molecule has 4 heteroatoms. The third kappa shape index (κ3) is 2.78. The minimum Gasteiger partial charge on any atom is -0.290 e. The summed E-state index contributed by atoms with van der Waals surface area (Å²) < 4.78 is 0. The van der Waals surface area contributed by atoms with Gasteiger partial charge in [-0.15, -0.1) is 0 Å². The van der Waals surface area contributed by atoms with E-state index in [1.807, 2.05) is 60.5 Å². The summed E-state index contributed by atoms with van der Waals surface area (Å²) in [5.74, 6) is -0.282. The monoisotopic (exact) mass is 294 g/mol. The highest BCUT2D eigenvalue weighted by Crippen LogP contribution is 2.25. The molecular weight excluding hydrogens is 276 g/mol. The number of carbonyl (C=O) groups excluding carboxylic acids is 2. The van der Waals surface area contributed by atoms with Gasteiger partial charge in [0.15, 0.2) is 0 Å². The van der Waals surface area contributed by atoms with Crippen LogP contribution in [0.15, 0.2) is 60.7 Å². The Balaban J connectivity index is 1.76. The van der Waals surface area contributed by atoms with Gasteiger partial charge in [-0.2, -0.15) is 0 Å². The molecule has 0 N–H and O–H groups in total. The minimum atomic E-state index is -0.395. The van der Waals surface area contributed by atoms with Crippen molar-refractivity contribution in [1.82, 2.24) is 4.90 Å². The van der Waals surface area contributed by atoms with Gasteiger partial charge >= 0.3 is 0 Å². The molecule has 1 heterocycles. The molecule has 2 amide bonds. The van der Waals surface area contributed by atoms with Gasteiger partial charge in [-0.05, 0) is 24.7 Å². The number of likely N-dealkylation sites (N-methyl/N-ethyl adjacent to an activating group) is 1. The van der Waals surface area contributed by atoms with Crippen LogP contribution in [0.1, 0.15) is 12.0 Å². The Hall–Kier alpha value is -2.46. The van der Waals surface area contributed by atoms with E-state index in [4.69, 9.17) is 0 Å². The van der Waals surface area contributed by atoms with Crippen LogP contribution in [0.2, 0.25) is 0 Å². The summed E-state index contributed by atoms with van der Waals surface area (Å²) in [4.78, 5) is 28.1. The molecule has 1 atom stereocenters. The van der Waals surface area contributed by atoms with Crippen molar-refractivity contribution in [2.45, 2.75) is 19.0 Å². The Morgan fingerprint density at radius 1 is 1.00 bits per heavy atom. The van der Waals surface area contributed by atoms with E-state index in [0.29, 0.717) is 12.2 Å². The van der Waals surface area contributed by atoms with Crippen LogP contribution in [0.4, 0.5) is 5.69 Å². The van der Waals surface area contributed by atoms with Crippen molar-refractivity contribution < 1.29 is 9.59 Å².